The molecule has 2 N–H and O–H groups in total. The molecule has 0 aliphatic carbocycles. The van der Waals surface area contributed by atoms with E-state index in [1.807, 2.05) is 0 Å². The number of ether oxygens (including phenoxy) is 2. The molecule has 0 amide bonds. The first-order valence-electron chi connectivity index (χ1n) is 5.41. The highest BCUT2D eigenvalue weighted by Crippen LogP contribution is 1.90. The third-order valence-electron chi connectivity index (χ3n) is 1.86. The Bertz CT molecular complexity index is 113. The van der Waals surface area contributed by atoms with Crippen molar-refractivity contribution >= 4 is 0 Å². The SMILES string of the molecule is CC(O)COC(C)CO.CCC(C)OC. The molecule has 4 nitrogen and oxygen atoms in total. The summed E-state index contributed by atoms with van der Waals surface area (Å²) in [4.78, 5) is 0. The molecule has 3 atom stereocenters. The number of hydrogen-bond acceptors (Lipinski definition) is 4. The predicted molar refractivity (Wildman–Crippen MR) is 60.9 cm³/mol. The lowest BCUT2D eigenvalue weighted by atomic mass is 10.3. The second-order valence-electron chi connectivity index (χ2n) is 3.63. The van der Waals surface area contributed by atoms with Crippen LogP contribution in [0.1, 0.15) is 34.1 Å². The van der Waals surface area contributed by atoms with E-state index in [1.165, 1.54) is 0 Å². The minimum absolute atomic E-state index is 0.00667. The summed E-state index contributed by atoms with van der Waals surface area (Å²) in [7, 11) is 1.73. The first-order valence-corrected chi connectivity index (χ1v) is 5.41. The molecule has 0 aliphatic rings. The Labute approximate surface area is 93.2 Å². The highest BCUT2D eigenvalue weighted by atomic mass is 16.5. The van der Waals surface area contributed by atoms with Gasteiger partial charge in [0.1, 0.15) is 0 Å². The average molecular weight is 222 g/mol. The molecule has 94 valence electrons. The highest BCUT2D eigenvalue weighted by Gasteiger charge is 2.00. The normalized spacial score (nSPS) is 16.2. The maximum Gasteiger partial charge on any atom is 0.0779 e. The summed E-state index contributed by atoms with van der Waals surface area (Å²) in [5.41, 5.74) is 0. The van der Waals surface area contributed by atoms with Crippen LogP contribution < -0.4 is 0 Å². The summed E-state index contributed by atoms with van der Waals surface area (Å²) in [6.07, 6.45) is 0.930. The van der Waals surface area contributed by atoms with Crippen molar-refractivity contribution in [3.05, 3.63) is 0 Å². The van der Waals surface area contributed by atoms with Gasteiger partial charge in [-0.1, -0.05) is 6.92 Å². The van der Waals surface area contributed by atoms with E-state index >= 15 is 0 Å². The van der Waals surface area contributed by atoms with Gasteiger partial charge in [0.05, 0.1) is 31.5 Å². The van der Waals surface area contributed by atoms with Gasteiger partial charge in [-0.3, -0.25) is 0 Å². The Morgan fingerprint density at radius 3 is 1.87 bits per heavy atom. The van der Waals surface area contributed by atoms with Crippen molar-refractivity contribution in [3.8, 4) is 0 Å². The molecule has 4 heteroatoms. The van der Waals surface area contributed by atoms with Crippen LogP contribution in [0.25, 0.3) is 0 Å². The average Bonchev–Trinajstić information content (AvgIpc) is 2.25. The standard InChI is InChI=1S/C6H14O3.C5H12O/c1-5(8)4-9-6(2)3-7;1-4-5(2)6-3/h5-8H,3-4H2,1-2H3;5H,4H2,1-3H3. The minimum Gasteiger partial charge on any atom is -0.394 e. The fourth-order valence-electron chi connectivity index (χ4n) is 0.523. The smallest absolute Gasteiger partial charge is 0.0779 e. The lowest BCUT2D eigenvalue weighted by molar-refractivity contribution is -0.0177. The summed E-state index contributed by atoms with van der Waals surface area (Å²) in [6.45, 7) is 7.86. The molecule has 0 saturated heterocycles. The molecule has 0 rings (SSSR count). The highest BCUT2D eigenvalue weighted by molar-refractivity contribution is 4.47. The fraction of sp³-hybridized carbons (Fsp3) is 1.00. The zero-order valence-corrected chi connectivity index (χ0v) is 10.6. The van der Waals surface area contributed by atoms with Crippen molar-refractivity contribution in [1.82, 2.24) is 0 Å². The zero-order chi connectivity index (χ0) is 12.3. The summed E-state index contributed by atoms with van der Waals surface area (Å²) in [5, 5.41) is 17.1. The van der Waals surface area contributed by atoms with Gasteiger partial charge in [0, 0.05) is 7.11 Å². The second kappa shape index (κ2) is 11.9. The van der Waals surface area contributed by atoms with E-state index in [2.05, 4.69) is 13.8 Å². The number of rotatable bonds is 6. The molecule has 0 aromatic heterocycles. The molecule has 3 unspecified atom stereocenters. The molecule has 0 spiro atoms. The Balaban J connectivity index is 0. The van der Waals surface area contributed by atoms with Crippen LogP contribution in [0.5, 0.6) is 0 Å². The number of methoxy groups -OCH3 is 1. The lowest BCUT2D eigenvalue weighted by Crippen LogP contribution is -2.19. The summed E-state index contributed by atoms with van der Waals surface area (Å²) in [5.74, 6) is 0. The number of aliphatic hydroxyl groups excluding tert-OH is 2. The molecule has 0 fully saturated rings. The van der Waals surface area contributed by atoms with Gasteiger partial charge >= 0.3 is 0 Å². The Kier molecular flexibility index (Phi) is 13.7. The maximum atomic E-state index is 8.69. The molecule has 0 bridgehead atoms. The van der Waals surface area contributed by atoms with Crippen LogP contribution in [0.2, 0.25) is 0 Å². The first kappa shape index (κ1) is 17.2. The molecular formula is C11H26O4. The third kappa shape index (κ3) is 16.5. The number of hydrogen-bond donors (Lipinski definition) is 2. The molecule has 0 aromatic carbocycles. The van der Waals surface area contributed by atoms with Crippen LogP contribution in [0.3, 0.4) is 0 Å². The first-order chi connectivity index (χ1) is 6.97. The lowest BCUT2D eigenvalue weighted by Gasteiger charge is -2.10. The quantitative estimate of drug-likeness (QED) is 0.709. The largest absolute Gasteiger partial charge is 0.394 e. The molecule has 0 aliphatic heterocycles. The van der Waals surface area contributed by atoms with Gasteiger partial charge in [-0.2, -0.15) is 0 Å². The van der Waals surface area contributed by atoms with Crippen molar-refractivity contribution in [2.75, 3.05) is 20.3 Å². The van der Waals surface area contributed by atoms with Gasteiger partial charge in [0.2, 0.25) is 0 Å². The van der Waals surface area contributed by atoms with E-state index in [1.54, 1.807) is 21.0 Å². The summed E-state index contributed by atoms with van der Waals surface area (Å²) >= 11 is 0. The van der Waals surface area contributed by atoms with E-state index in [9.17, 15) is 0 Å². The monoisotopic (exact) mass is 222 g/mol. The summed E-state index contributed by atoms with van der Waals surface area (Å²) in [6, 6.07) is 0. The third-order valence-corrected chi connectivity index (χ3v) is 1.86. The van der Waals surface area contributed by atoms with Gasteiger partial charge in [-0.25, -0.2) is 0 Å². The van der Waals surface area contributed by atoms with Crippen LogP contribution in [0.15, 0.2) is 0 Å². The van der Waals surface area contributed by atoms with Gasteiger partial charge in [-0.15, -0.1) is 0 Å². The van der Waals surface area contributed by atoms with Crippen LogP contribution in [0.4, 0.5) is 0 Å². The van der Waals surface area contributed by atoms with E-state index in [0.29, 0.717) is 12.7 Å². The molecule has 0 heterocycles. The maximum absolute atomic E-state index is 8.69. The zero-order valence-electron chi connectivity index (χ0n) is 10.6. The molecular weight excluding hydrogens is 196 g/mol. The predicted octanol–water partition coefficient (Wildman–Crippen LogP) is 1.20. The van der Waals surface area contributed by atoms with Crippen molar-refractivity contribution < 1.29 is 19.7 Å². The van der Waals surface area contributed by atoms with E-state index in [-0.39, 0.29) is 12.7 Å². The fourth-order valence-corrected chi connectivity index (χ4v) is 0.523. The van der Waals surface area contributed by atoms with Gasteiger partial charge in [0.25, 0.3) is 0 Å². The van der Waals surface area contributed by atoms with Crippen LogP contribution >= 0.6 is 0 Å². The molecule has 0 aromatic rings. The summed E-state index contributed by atoms with van der Waals surface area (Å²) < 4.78 is 9.85. The topological polar surface area (TPSA) is 58.9 Å². The van der Waals surface area contributed by atoms with E-state index in [0.717, 1.165) is 6.42 Å². The van der Waals surface area contributed by atoms with Gasteiger partial charge < -0.3 is 19.7 Å². The van der Waals surface area contributed by atoms with Crippen LogP contribution in [0, 0.1) is 0 Å². The van der Waals surface area contributed by atoms with Gasteiger partial charge in [-0.05, 0) is 27.2 Å². The molecule has 15 heavy (non-hydrogen) atoms. The molecule has 0 radical (unpaired) electrons. The Hall–Kier alpha value is -0.160. The Morgan fingerprint density at radius 1 is 1.13 bits per heavy atom. The van der Waals surface area contributed by atoms with Gasteiger partial charge in [0.15, 0.2) is 0 Å². The van der Waals surface area contributed by atoms with Crippen molar-refractivity contribution in [1.29, 1.82) is 0 Å². The second-order valence-corrected chi connectivity index (χ2v) is 3.63. The Morgan fingerprint density at radius 2 is 1.67 bits per heavy atom. The molecule has 0 saturated carbocycles. The van der Waals surface area contributed by atoms with Crippen LogP contribution in [-0.2, 0) is 9.47 Å². The van der Waals surface area contributed by atoms with Crippen molar-refractivity contribution in [2.45, 2.75) is 52.4 Å². The van der Waals surface area contributed by atoms with Crippen molar-refractivity contribution in [2.24, 2.45) is 0 Å². The van der Waals surface area contributed by atoms with E-state index < -0.39 is 6.10 Å². The van der Waals surface area contributed by atoms with E-state index in [4.69, 9.17) is 19.7 Å². The van der Waals surface area contributed by atoms with Crippen LogP contribution in [-0.4, -0.2) is 48.8 Å². The minimum atomic E-state index is -0.445. The van der Waals surface area contributed by atoms with Crippen molar-refractivity contribution in [3.63, 3.8) is 0 Å². The number of aliphatic hydroxyl groups is 2.